The van der Waals surface area contributed by atoms with Crippen LogP contribution in [0.3, 0.4) is 0 Å². The quantitative estimate of drug-likeness (QED) is 0.597. The molecular weight excluding hydrogens is 210 g/mol. The highest BCUT2D eigenvalue weighted by atomic mass is 32.2. The van der Waals surface area contributed by atoms with Gasteiger partial charge in [-0.3, -0.25) is 4.79 Å². The first kappa shape index (κ1) is 11.9. The van der Waals surface area contributed by atoms with Crippen molar-refractivity contribution < 1.29 is 9.90 Å². The molecule has 0 aliphatic rings. The third-order valence-corrected chi connectivity index (χ3v) is 3.36. The van der Waals surface area contributed by atoms with Crippen LogP contribution in [0.15, 0.2) is 29.2 Å². The van der Waals surface area contributed by atoms with E-state index in [2.05, 4.69) is 0 Å². The molecule has 3 N–H and O–H groups in total. The predicted octanol–water partition coefficient (Wildman–Crippen LogP) is 2.61. The Bertz CT molecular complexity index is 341. The molecule has 0 aliphatic heterocycles. The van der Waals surface area contributed by atoms with Crippen molar-refractivity contribution in [1.82, 2.24) is 0 Å². The van der Waals surface area contributed by atoms with E-state index in [1.54, 1.807) is 6.07 Å². The summed E-state index contributed by atoms with van der Waals surface area (Å²) in [5.41, 5.74) is 6.39. The minimum absolute atomic E-state index is 0.403. The summed E-state index contributed by atoms with van der Waals surface area (Å²) in [5.74, 6) is -0.773. The Kier molecular flexibility index (Phi) is 4.49. The maximum atomic E-state index is 10.9. The molecule has 0 bridgehead atoms. The second-order valence-corrected chi connectivity index (χ2v) is 4.52. The Morgan fingerprint density at radius 1 is 1.53 bits per heavy atom. The molecule has 0 saturated heterocycles. The number of hydrogen-bond donors (Lipinski definition) is 2. The van der Waals surface area contributed by atoms with Crippen molar-refractivity contribution in [3.05, 3.63) is 24.3 Å². The van der Waals surface area contributed by atoms with Crippen LogP contribution < -0.4 is 5.73 Å². The van der Waals surface area contributed by atoms with Gasteiger partial charge in [0.25, 0.3) is 0 Å². The number of thioether (sulfide) groups is 1. The van der Waals surface area contributed by atoms with Crippen molar-refractivity contribution in [2.24, 2.45) is 0 Å². The summed E-state index contributed by atoms with van der Waals surface area (Å²) >= 11 is 1.32. The molecule has 82 valence electrons. The summed E-state index contributed by atoms with van der Waals surface area (Å²) < 4.78 is 0. The maximum Gasteiger partial charge on any atom is 0.316 e. The monoisotopic (exact) mass is 225 g/mol. The number of anilines is 1. The molecule has 0 amide bonds. The Balaban J connectivity index is 2.74. The van der Waals surface area contributed by atoms with Crippen LogP contribution in [-0.2, 0) is 4.79 Å². The summed E-state index contributed by atoms with van der Waals surface area (Å²) in [6.45, 7) is 1.98. The molecular formula is C11H15NO2S. The smallest absolute Gasteiger partial charge is 0.316 e. The molecule has 0 fully saturated rings. The largest absolute Gasteiger partial charge is 0.480 e. The number of benzene rings is 1. The van der Waals surface area contributed by atoms with Gasteiger partial charge in [0, 0.05) is 10.6 Å². The number of carbonyl (C=O) groups is 1. The molecule has 0 spiro atoms. The lowest BCUT2D eigenvalue weighted by molar-refractivity contribution is -0.136. The third kappa shape index (κ3) is 3.47. The van der Waals surface area contributed by atoms with Gasteiger partial charge in [-0.1, -0.05) is 25.5 Å². The molecule has 0 radical (unpaired) electrons. The molecule has 1 unspecified atom stereocenters. The fraction of sp³-hybridized carbons (Fsp3) is 0.364. The summed E-state index contributed by atoms with van der Waals surface area (Å²) in [7, 11) is 0. The minimum Gasteiger partial charge on any atom is -0.480 e. The van der Waals surface area contributed by atoms with Crippen molar-refractivity contribution in [2.75, 3.05) is 5.73 Å². The van der Waals surface area contributed by atoms with E-state index in [0.29, 0.717) is 12.1 Å². The maximum absolute atomic E-state index is 10.9. The van der Waals surface area contributed by atoms with Crippen LogP contribution in [0.5, 0.6) is 0 Å². The summed E-state index contributed by atoms with van der Waals surface area (Å²) in [5, 5.41) is 8.59. The van der Waals surface area contributed by atoms with Gasteiger partial charge in [-0.2, -0.15) is 0 Å². The zero-order valence-electron chi connectivity index (χ0n) is 8.64. The number of nitrogens with two attached hydrogens (primary N) is 1. The summed E-state index contributed by atoms with van der Waals surface area (Å²) in [6.07, 6.45) is 1.52. The van der Waals surface area contributed by atoms with Crippen molar-refractivity contribution in [2.45, 2.75) is 29.9 Å². The van der Waals surface area contributed by atoms with Crippen LogP contribution >= 0.6 is 11.8 Å². The van der Waals surface area contributed by atoms with Gasteiger partial charge < -0.3 is 10.8 Å². The van der Waals surface area contributed by atoms with Gasteiger partial charge in [0.05, 0.1) is 0 Å². The van der Waals surface area contributed by atoms with Gasteiger partial charge in [0.1, 0.15) is 5.25 Å². The van der Waals surface area contributed by atoms with Crippen molar-refractivity contribution in [3.63, 3.8) is 0 Å². The Morgan fingerprint density at radius 3 is 2.73 bits per heavy atom. The van der Waals surface area contributed by atoms with E-state index in [1.165, 1.54) is 11.8 Å². The van der Waals surface area contributed by atoms with Crippen molar-refractivity contribution in [3.8, 4) is 0 Å². The molecule has 1 aromatic carbocycles. The first-order valence-corrected chi connectivity index (χ1v) is 5.77. The number of carboxylic acids is 1. The average Bonchev–Trinajstić information content (AvgIpc) is 2.20. The second-order valence-electron chi connectivity index (χ2n) is 3.27. The van der Waals surface area contributed by atoms with Crippen LogP contribution in [0.25, 0.3) is 0 Å². The number of carboxylic acid groups (broad SMARTS) is 1. The molecule has 0 saturated carbocycles. The molecule has 1 rings (SSSR count). The van der Waals surface area contributed by atoms with Crippen LogP contribution in [-0.4, -0.2) is 16.3 Å². The SMILES string of the molecule is CCCC(Sc1ccccc1N)C(=O)O. The average molecular weight is 225 g/mol. The van der Waals surface area contributed by atoms with E-state index in [4.69, 9.17) is 10.8 Å². The lowest BCUT2D eigenvalue weighted by Gasteiger charge is -2.11. The van der Waals surface area contributed by atoms with Gasteiger partial charge in [0.15, 0.2) is 0 Å². The van der Waals surface area contributed by atoms with E-state index in [0.717, 1.165) is 11.3 Å². The zero-order valence-corrected chi connectivity index (χ0v) is 9.46. The predicted molar refractivity (Wildman–Crippen MR) is 63.0 cm³/mol. The van der Waals surface area contributed by atoms with E-state index in [1.807, 2.05) is 25.1 Å². The van der Waals surface area contributed by atoms with Crippen LogP contribution in [0.1, 0.15) is 19.8 Å². The number of rotatable bonds is 5. The summed E-state index contributed by atoms with van der Waals surface area (Å²) in [4.78, 5) is 11.8. The molecule has 4 heteroatoms. The molecule has 0 heterocycles. The van der Waals surface area contributed by atoms with Gasteiger partial charge >= 0.3 is 5.97 Å². The Labute approximate surface area is 93.7 Å². The van der Waals surface area contributed by atoms with Gasteiger partial charge in [0.2, 0.25) is 0 Å². The number of para-hydroxylation sites is 1. The lowest BCUT2D eigenvalue weighted by atomic mass is 10.2. The summed E-state index contributed by atoms with van der Waals surface area (Å²) in [6, 6.07) is 7.34. The molecule has 0 aliphatic carbocycles. The van der Waals surface area contributed by atoms with Gasteiger partial charge in [-0.25, -0.2) is 0 Å². The second kappa shape index (κ2) is 5.66. The first-order chi connectivity index (χ1) is 7.15. The van der Waals surface area contributed by atoms with E-state index >= 15 is 0 Å². The third-order valence-electron chi connectivity index (χ3n) is 2.01. The van der Waals surface area contributed by atoms with E-state index in [-0.39, 0.29) is 0 Å². The van der Waals surface area contributed by atoms with Crippen LogP contribution in [0.2, 0.25) is 0 Å². The van der Waals surface area contributed by atoms with Crippen LogP contribution in [0.4, 0.5) is 5.69 Å². The molecule has 1 atom stereocenters. The lowest BCUT2D eigenvalue weighted by Crippen LogP contribution is -2.15. The minimum atomic E-state index is -0.773. The fourth-order valence-electron chi connectivity index (χ4n) is 1.24. The Hall–Kier alpha value is -1.16. The molecule has 3 nitrogen and oxygen atoms in total. The molecule has 15 heavy (non-hydrogen) atoms. The van der Waals surface area contributed by atoms with Crippen molar-refractivity contribution in [1.29, 1.82) is 0 Å². The first-order valence-electron chi connectivity index (χ1n) is 4.89. The van der Waals surface area contributed by atoms with Crippen molar-refractivity contribution >= 4 is 23.4 Å². The number of nitrogen functional groups attached to an aromatic ring is 1. The number of aliphatic carboxylic acids is 1. The van der Waals surface area contributed by atoms with Gasteiger partial charge in [-0.05, 0) is 18.6 Å². The van der Waals surface area contributed by atoms with E-state index < -0.39 is 11.2 Å². The van der Waals surface area contributed by atoms with E-state index in [9.17, 15) is 4.79 Å². The molecule has 1 aromatic rings. The highest BCUT2D eigenvalue weighted by Gasteiger charge is 2.18. The highest BCUT2D eigenvalue weighted by molar-refractivity contribution is 8.00. The Morgan fingerprint density at radius 2 is 2.20 bits per heavy atom. The molecule has 0 aromatic heterocycles. The van der Waals surface area contributed by atoms with Crippen LogP contribution in [0, 0.1) is 0 Å². The topological polar surface area (TPSA) is 63.3 Å². The van der Waals surface area contributed by atoms with Gasteiger partial charge in [-0.15, -0.1) is 11.8 Å². The fourth-order valence-corrected chi connectivity index (χ4v) is 2.36. The normalized spacial score (nSPS) is 12.3. The zero-order chi connectivity index (χ0) is 11.3. The number of hydrogen-bond acceptors (Lipinski definition) is 3. The highest BCUT2D eigenvalue weighted by Crippen LogP contribution is 2.30. The standard InChI is InChI=1S/C11H15NO2S/c1-2-5-10(11(13)14)15-9-7-4-3-6-8(9)12/h3-4,6-7,10H,2,5,12H2,1H3,(H,13,14).